The number of aromatic nitrogens is 2. The normalized spacial score (nSPS) is 10.6. The summed E-state index contributed by atoms with van der Waals surface area (Å²) in [4.78, 5) is 31.4. The molecule has 2 heterocycles. The summed E-state index contributed by atoms with van der Waals surface area (Å²) in [6.45, 7) is 2.38. The number of rotatable bonds is 3. The summed E-state index contributed by atoms with van der Waals surface area (Å²) in [6, 6.07) is 11.3. The number of hydrogen-bond acceptors (Lipinski definition) is 3. The molecular weight excluding hydrogens is 278 g/mol. The number of nitrogens with zero attached hydrogens (tertiary/aromatic N) is 1. The molecule has 0 radical (unpaired) electrons. The van der Waals surface area contributed by atoms with Crippen molar-refractivity contribution in [2.24, 2.45) is 0 Å². The fraction of sp³-hybridized carbons (Fsp3) is 0.118. The first-order chi connectivity index (χ1) is 10.6. The number of fused-ring (bicyclic) bond motifs is 1. The van der Waals surface area contributed by atoms with Crippen molar-refractivity contribution in [3.63, 3.8) is 0 Å². The molecule has 1 amide bonds. The summed E-state index contributed by atoms with van der Waals surface area (Å²) < 4.78 is 0. The van der Waals surface area contributed by atoms with Crippen molar-refractivity contribution in [3.05, 3.63) is 75.7 Å². The lowest BCUT2D eigenvalue weighted by molar-refractivity contribution is 0.0949. The minimum atomic E-state index is -0.408. The third-order valence-corrected chi connectivity index (χ3v) is 3.46. The number of pyridine rings is 2. The van der Waals surface area contributed by atoms with Crippen LogP contribution in [-0.4, -0.2) is 15.9 Å². The molecule has 0 unspecified atom stereocenters. The summed E-state index contributed by atoms with van der Waals surface area (Å²) in [5, 5.41) is 2.75. The average Bonchev–Trinajstić information content (AvgIpc) is 2.55. The van der Waals surface area contributed by atoms with Gasteiger partial charge in [-0.25, -0.2) is 0 Å². The third kappa shape index (κ3) is 2.74. The number of carbonyl (C=O) groups is 1. The van der Waals surface area contributed by atoms with Crippen molar-refractivity contribution in [2.45, 2.75) is 13.5 Å². The van der Waals surface area contributed by atoms with Crippen molar-refractivity contribution in [1.82, 2.24) is 15.3 Å². The van der Waals surface area contributed by atoms with Crippen LogP contribution in [0.25, 0.3) is 11.0 Å². The molecule has 5 nitrogen and oxygen atoms in total. The third-order valence-electron chi connectivity index (χ3n) is 3.46. The Morgan fingerprint density at radius 1 is 1.23 bits per heavy atom. The smallest absolute Gasteiger partial charge is 0.257 e. The van der Waals surface area contributed by atoms with Gasteiger partial charge in [-0.15, -0.1) is 0 Å². The summed E-state index contributed by atoms with van der Waals surface area (Å²) in [7, 11) is 0. The monoisotopic (exact) mass is 293 g/mol. The summed E-state index contributed by atoms with van der Waals surface area (Å²) in [5.74, 6) is -0.408. The molecule has 0 saturated heterocycles. The average molecular weight is 293 g/mol. The van der Waals surface area contributed by atoms with E-state index in [-0.39, 0.29) is 16.5 Å². The SMILES string of the molecule is Cc1ccc(CNC(=O)c2c[nH]c3cccnc3c2=O)cc1. The molecule has 3 rings (SSSR count). The van der Waals surface area contributed by atoms with Crippen LogP contribution in [0, 0.1) is 6.92 Å². The Morgan fingerprint density at radius 2 is 2.00 bits per heavy atom. The zero-order valence-corrected chi connectivity index (χ0v) is 12.1. The number of nitrogens with one attached hydrogen (secondary N) is 2. The Kier molecular flexibility index (Phi) is 3.70. The zero-order valence-electron chi connectivity index (χ0n) is 12.1. The van der Waals surface area contributed by atoms with Gasteiger partial charge in [-0.2, -0.15) is 0 Å². The predicted molar refractivity (Wildman–Crippen MR) is 84.7 cm³/mol. The van der Waals surface area contributed by atoms with Crippen LogP contribution in [0.4, 0.5) is 0 Å². The van der Waals surface area contributed by atoms with E-state index >= 15 is 0 Å². The van der Waals surface area contributed by atoms with Gasteiger partial charge in [-0.05, 0) is 24.6 Å². The maximum Gasteiger partial charge on any atom is 0.257 e. The molecular formula is C17H15N3O2. The van der Waals surface area contributed by atoms with Crippen LogP contribution in [0.1, 0.15) is 21.5 Å². The van der Waals surface area contributed by atoms with Gasteiger partial charge in [0.25, 0.3) is 5.91 Å². The van der Waals surface area contributed by atoms with E-state index in [1.54, 1.807) is 12.1 Å². The molecule has 0 bridgehead atoms. The first-order valence-electron chi connectivity index (χ1n) is 6.95. The molecule has 110 valence electrons. The van der Waals surface area contributed by atoms with Gasteiger partial charge in [0, 0.05) is 18.9 Å². The van der Waals surface area contributed by atoms with Gasteiger partial charge < -0.3 is 10.3 Å². The first kappa shape index (κ1) is 14.0. The van der Waals surface area contributed by atoms with Gasteiger partial charge in [0.1, 0.15) is 11.1 Å². The van der Waals surface area contributed by atoms with E-state index in [0.717, 1.165) is 11.1 Å². The van der Waals surface area contributed by atoms with E-state index in [9.17, 15) is 9.59 Å². The van der Waals surface area contributed by atoms with Crippen LogP contribution in [0.3, 0.4) is 0 Å². The lowest BCUT2D eigenvalue weighted by atomic mass is 10.1. The van der Waals surface area contributed by atoms with Gasteiger partial charge in [0.05, 0.1) is 5.52 Å². The summed E-state index contributed by atoms with van der Waals surface area (Å²) in [5.41, 5.74) is 2.73. The minimum Gasteiger partial charge on any atom is -0.359 e. The number of H-pyrrole nitrogens is 1. The van der Waals surface area contributed by atoms with Gasteiger partial charge in [-0.1, -0.05) is 29.8 Å². The van der Waals surface area contributed by atoms with Crippen LogP contribution >= 0.6 is 0 Å². The number of aromatic amines is 1. The van der Waals surface area contributed by atoms with E-state index in [1.165, 1.54) is 12.4 Å². The second-order valence-corrected chi connectivity index (χ2v) is 5.10. The number of aryl methyl sites for hydroxylation is 1. The predicted octanol–water partition coefficient (Wildman–Crippen LogP) is 2.16. The number of amides is 1. The quantitative estimate of drug-likeness (QED) is 0.777. The second-order valence-electron chi connectivity index (χ2n) is 5.10. The van der Waals surface area contributed by atoms with Gasteiger partial charge >= 0.3 is 0 Å². The van der Waals surface area contributed by atoms with Crippen LogP contribution in [0.2, 0.25) is 0 Å². The van der Waals surface area contributed by atoms with Crippen LogP contribution < -0.4 is 10.7 Å². The summed E-state index contributed by atoms with van der Waals surface area (Å²) >= 11 is 0. The van der Waals surface area contributed by atoms with Crippen molar-refractivity contribution in [3.8, 4) is 0 Å². The Balaban J connectivity index is 1.82. The van der Waals surface area contributed by atoms with Gasteiger partial charge in [0.15, 0.2) is 0 Å². The number of hydrogen-bond donors (Lipinski definition) is 2. The zero-order chi connectivity index (χ0) is 15.5. The lowest BCUT2D eigenvalue weighted by Gasteiger charge is -2.06. The fourth-order valence-electron chi connectivity index (χ4n) is 2.20. The maximum absolute atomic E-state index is 12.3. The molecule has 0 fully saturated rings. The Morgan fingerprint density at radius 3 is 2.77 bits per heavy atom. The number of carbonyl (C=O) groups excluding carboxylic acids is 1. The van der Waals surface area contributed by atoms with Crippen molar-refractivity contribution >= 4 is 16.9 Å². The molecule has 0 aliphatic heterocycles. The highest BCUT2D eigenvalue weighted by Crippen LogP contribution is 2.05. The molecule has 0 atom stereocenters. The largest absolute Gasteiger partial charge is 0.359 e. The van der Waals surface area contributed by atoms with E-state index in [4.69, 9.17) is 0 Å². The highest BCUT2D eigenvalue weighted by molar-refractivity contribution is 5.96. The van der Waals surface area contributed by atoms with Crippen molar-refractivity contribution in [1.29, 1.82) is 0 Å². The number of benzene rings is 1. The standard InChI is InChI=1S/C17H15N3O2/c1-11-4-6-12(7-5-11)9-20-17(22)13-10-19-14-3-2-8-18-15(14)16(13)21/h2-8,10H,9H2,1H3,(H,19,21)(H,20,22). The molecule has 0 aliphatic rings. The Labute approximate surface area is 127 Å². The van der Waals surface area contributed by atoms with Crippen molar-refractivity contribution in [2.75, 3.05) is 0 Å². The van der Waals surface area contributed by atoms with Crippen LogP contribution in [-0.2, 0) is 6.54 Å². The molecule has 2 aromatic heterocycles. The Bertz CT molecular complexity index is 882. The fourth-order valence-corrected chi connectivity index (χ4v) is 2.20. The topological polar surface area (TPSA) is 74.8 Å². The molecule has 0 aliphatic carbocycles. The molecule has 22 heavy (non-hydrogen) atoms. The minimum absolute atomic E-state index is 0.0679. The highest BCUT2D eigenvalue weighted by atomic mass is 16.2. The molecule has 1 aromatic carbocycles. The van der Waals surface area contributed by atoms with Gasteiger partial charge in [-0.3, -0.25) is 14.6 Å². The van der Waals surface area contributed by atoms with E-state index in [2.05, 4.69) is 15.3 Å². The summed E-state index contributed by atoms with van der Waals surface area (Å²) in [6.07, 6.45) is 2.96. The highest BCUT2D eigenvalue weighted by Gasteiger charge is 2.13. The maximum atomic E-state index is 12.3. The molecule has 3 aromatic rings. The van der Waals surface area contributed by atoms with Crippen molar-refractivity contribution < 1.29 is 4.79 Å². The molecule has 0 saturated carbocycles. The second kappa shape index (κ2) is 5.81. The Hall–Kier alpha value is -2.95. The van der Waals surface area contributed by atoms with E-state index in [1.807, 2.05) is 31.2 Å². The lowest BCUT2D eigenvalue weighted by Crippen LogP contribution is -2.28. The van der Waals surface area contributed by atoms with E-state index < -0.39 is 5.91 Å². The van der Waals surface area contributed by atoms with Crippen LogP contribution in [0.15, 0.2) is 53.6 Å². The first-order valence-corrected chi connectivity index (χ1v) is 6.95. The molecule has 0 spiro atoms. The molecule has 2 N–H and O–H groups in total. The van der Waals surface area contributed by atoms with Gasteiger partial charge in [0.2, 0.25) is 5.43 Å². The van der Waals surface area contributed by atoms with Crippen LogP contribution in [0.5, 0.6) is 0 Å². The molecule has 5 heteroatoms. The van der Waals surface area contributed by atoms with E-state index in [0.29, 0.717) is 12.1 Å².